The number of hydrogen-bond acceptors (Lipinski definition) is 4. The summed E-state index contributed by atoms with van der Waals surface area (Å²) in [6.07, 6.45) is 1.19. The van der Waals surface area contributed by atoms with E-state index in [0.29, 0.717) is 12.4 Å². The fourth-order valence-corrected chi connectivity index (χ4v) is 3.38. The number of ether oxygens (including phenoxy) is 1. The zero-order valence-corrected chi connectivity index (χ0v) is 13.4. The maximum atomic E-state index is 11.8. The molecule has 2 aromatic rings. The fraction of sp³-hybridized carbons (Fsp3) is 0.294. The van der Waals surface area contributed by atoms with Crippen LogP contribution in [0.5, 0.6) is 5.75 Å². The molecule has 1 heterocycles. The second-order valence-corrected chi connectivity index (χ2v) is 6.95. The Kier molecular flexibility index (Phi) is 3.93. The SMILES string of the molecule is CCc1cccc2c1C(OS(C)(=O)=O)c1ccccc1CO2. The van der Waals surface area contributed by atoms with Gasteiger partial charge in [-0.2, -0.15) is 8.42 Å². The lowest BCUT2D eigenvalue weighted by Crippen LogP contribution is -2.14. The van der Waals surface area contributed by atoms with Gasteiger partial charge in [0.25, 0.3) is 10.1 Å². The first-order valence-electron chi connectivity index (χ1n) is 7.20. The number of hydrogen-bond donors (Lipinski definition) is 0. The molecule has 1 unspecified atom stereocenters. The van der Waals surface area contributed by atoms with Crippen molar-refractivity contribution in [2.24, 2.45) is 0 Å². The molecule has 0 spiro atoms. The van der Waals surface area contributed by atoms with Gasteiger partial charge in [-0.05, 0) is 29.2 Å². The molecule has 0 aliphatic carbocycles. The van der Waals surface area contributed by atoms with E-state index in [-0.39, 0.29) is 0 Å². The van der Waals surface area contributed by atoms with Crippen LogP contribution in [0.1, 0.15) is 35.3 Å². The molecule has 1 aliphatic rings. The van der Waals surface area contributed by atoms with Crippen LogP contribution in [0.3, 0.4) is 0 Å². The van der Waals surface area contributed by atoms with Gasteiger partial charge in [-0.15, -0.1) is 0 Å². The molecule has 0 saturated carbocycles. The summed E-state index contributed by atoms with van der Waals surface area (Å²) in [5.41, 5.74) is 3.62. The molecule has 0 amide bonds. The minimum Gasteiger partial charge on any atom is -0.488 e. The molecule has 22 heavy (non-hydrogen) atoms. The van der Waals surface area contributed by atoms with Crippen molar-refractivity contribution in [2.75, 3.05) is 6.26 Å². The minimum atomic E-state index is -3.61. The Morgan fingerprint density at radius 2 is 1.95 bits per heavy atom. The number of benzene rings is 2. The topological polar surface area (TPSA) is 52.6 Å². The Morgan fingerprint density at radius 1 is 1.18 bits per heavy atom. The Bertz CT molecular complexity index is 796. The van der Waals surface area contributed by atoms with Gasteiger partial charge in [-0.1, -0.05) is 43.3 Å². The van der Waals surface area contributed by atoms with Gasteiger partial charge in [0.05, 0.1) is 6.26 Å². The largest absolute Gasteiger partial charge is 0.488 e. The van der Waals surface area contributed by atoms with Crippen LogP contribution in [0.15, 0.2) is 42.5 Å². The number of aryl methyl sites for hydroxylation is 1. The van der Waals surface area contributed by atoms with Crippen molar-refractivity contribution >= 4 is 10.1 Å². The van der Waals surface area contributed by atoms with Gasteiger partial charge in [0, 0.05) is 5.56 Å². The highest BCUT2D eigenvalue weighted by atomic mass is 32.2. The molecule has 5 heteroatoms. The van der Waals surface area contributed by atoms with Crippen molar-refractivity contribution in [3.63, 3.8) is 0 Å². The van der Waals surface area contributed by atoms with E-state index >= 15 is 0 Å². The Morgan fingerprint density at radius 3 is 2.68 bits per heavy atom. The van der Waals surface area contributed by atoms with Crippen molar-refractivity contribution in [3.05, 3.63) is 64.7 Å². The van der Waals surface area contributed by atoms with Crippen LogP contribution in [0.4, 0.5) is 0 Å². The Balaban J connectivity index is 2.25. The van der Waals surface area contributed by atoms with E-state index in [1.165, 1.54) is 0 Å². The van der Waals surface area contributed by atoms with Crippen molar-refractivity contribution in [2.45, 2.75) is 26.1 Å². The average molecular weight is 318 g/mol. The lowest BCUT2D eigenvalue weighted by Gasteiger charge is -2.20. The van der Waals surface area contributed by atoms with Gasteiger partial charge in [0.2, 0.25) is 0 Å². The van der Waals surface area contributed by atoms with Crippen molar-refractivity contribution in [1.82, 2.24) is 0 Å². The molecule has 1 aliphatic heterocycles. The summed E-state index contributed by atoms with van der Waals surface area (Å²) < 4.78 is 34.9. The summed E-state index contributed by atoms with van der Waals surface area (Å²) >= 11 is 0. The maximum absolute atomic E-state index is 11.8. The van der Waals surface area contributed by atoms with Crippen LogP contribution in [-0.4, -0.2) is 14.7 Å². The quantitative estimate of drug-likeness (QED) is 0.816. The average Bonchev–Trinajstić information content (AvgIpc) is 2.64. The molecule has 0 radical (unpaired) electrons. The number of fused-ring (bicyclic) bond motifs is 2. The van der Waals surface area contributed by atoms with Crippen LogP contribution < -0.4 is 4.74 Å². The summed E-state index contributed by atoms with van der Waals surface area (Å²) in [4.78, 5) is 0. The zero-order chi connectivity index (χ0) is 15.7. The molecule has 0 saturated heterocycles. The normalized spacial score (nSPS) is 17.1. The van der Waals surface area contributed by atoms with Crippen LogP contribution in [-0.2, 0) is 27.3 Å². The molecule has 3 rings (SSSR count). The molecule has 0 N–H and O–H groups in total. The van der Waals surface area contributed by atoms with Gasteiger partial charge in [0.15, 0.2) is 0 Å². The molecule has 0 bridgehead atoms. The minimum absolute atomic E-state index is 0.403. The second-order valence-electron chi connectivity index (χ2n) is 5.35. The maximum Gasteiger partial charge on any atom is 0.265 e. The lowest BCUT2D eigenvalue weighted by molar-refractivity contribution is 0.252. The first kappa shape index (κ1) is 15.1. The van der Waals surface area contributed by atoms with E-state index in [2.05, 4.69) is 0 Å². The van der Waals surface area contributed by atoms with Crippen LogP contribution >= 0.6 is 0 Å². The molecule has 0 fully saturated rings. The number of rotatable bonds is 3. The highest BCUT2D eigenvalue weighted by Crippen LogP contribution is 2.41. The van der Waals surface area contributed by atoms with E-state index in [1.54, 1.807) is 0 Å². The molecule has 4 nitrogen and oxygen atoms in total. The predicted octanol–water partition coefficient (Wildman–Crippen LogP) is 3.21. The lowest BCUT2D eigenvalue weighted by atomic mass is 9.93. The summed E-state index contributed by atoms with van der Waals surface area (Å²) in [5, 5.41) is 0. The Hall–Kier alpha value is -1.85. The van der Waals surface area contributed by atoms with Gasteiger partial charge in [-0.25, -0.2) is 0 Å². The standard InChI is InChI=1S/C17H18O4S/c1-3-12-8-6-10-15-16(12)17(21-22(2,18)19)14-9-5-4-7-13(14)11-20-15/h4-10,17H,3,11H2,1-2H3. The zero-order valence-electron chi connectivity index (χ0n) is 12.6. The van der Waals surface area contributed by atoms with Gasteiger partial charge < -0.3 is 4.74 Å². The smallest absolute Gasteiger partial charge is 0.265 e. The second kappa shape index (κ2) is 5.74. The Labute approximate surface area is 130 Å². The highest BCUT2D eigenvalue weighted by molar-refractivity contribution is 7.86. The van der Waals surface area contributed by atoms with E-state index in [9.17, 15) is 8.42 Å². The van der Waals surface area contributed by atoms with Gasteiger partial charge in [0.1, 0.15) is 18.5 Å². The van der Waals surface area contributed by atoms with Crippen molar-refractivity contribution < 1.29 is 17.3 Å². The fourth-order valence-electron chi connectivity index (χ4n) is 2.83. The first-order valence-corrected chi connectivity index (χ1v) is 9.02. The third kappa shape index (κ3) is 2.87. The molecule has 116 valence electrons. The van der Waals surface area contributed by atoms with E-state index < -0.39 is 16.2 Å². The van der Waals surface area contributed by atoms with Gasteiger partial charge >= 0.3 is 0 Å². The van der Waals surface area contributed by atoms with Crippen LogP contribution in [0.25, 0.3) is 0 Å². The summed E-state index contributed by atoms with van der Waals surface area (Å²) in [5.74, 6) is 0.684. The van der Waals surface area contributed by atoms with E-state index in [0.717, 1.165) is 34.9 Å². The third-order valence-corrected chi connectivity index (χ3v) is 4.33. The molecular formula is C17H18O4S. The predicted molar refractivity (Wildman–Crippen MR) is 84.4 cm³/mol. The third-order valence-electron chi connectivity index (χ3n) is 3.79. The van der Waals surface area contributed by atoms with Crippen LogP contribution in [0.2, 0.25) is 0 Å². The summed E-state index contributed by atoms with van der Waals surface area (Å²) in [6, 6.07) is 13.4. The molecule has 2 aromatic carbocycles. The van der Waals surface area contributed by atoms with Gasteiger partial charge in [-0.3, -0.25) is 4.18 Å². The van der Waals surface area contributed by atoms with E-state index in [4.69, 9.17) is 8.92 Å². The summed E-state index contributed by atoms with van der Waals surface area (Å²) in [7, 11) is -3.61. The highest BCUT2D eigenvalue weighted by Gasteiger charge is 2.30. The monoisotopic (exact) mass is 318 g/mol. The molecular weight excluding hydrogens is 300 g/mol. The molecule has 1 atom stereocenters. The van der Waals surface area contributed by atoms with Crippen molar-refractivity contribution in [1.29, 1.82) is 0 Å². The first-order chi connectivity index (χ1) is 10.5. The molecule has 0 aromatic heterocycles. The van der Waals surface area contributed by atoms with Crippen molar-refractivity contribution in [3.8, 4) is 5.75 Å². The van der Waals surface area contributed by atoms with E-state index in [1.807, 2.05) is 49.4 Å². The van der Waals surface area contributed by atoms with Crippen LogP contribution in [0, 0.1) is 0 Å². The summed E-state index contributed by atoms with van der Waals surface area (Å²) in [6.45, 7) is 2.43.